The number of likely N-dealkylation sites (tertiary alicyclic amines) is 2. The summed E-state index contributed by atoms with van der Waals surface area (Å²) in [6.07, 6.45) is 2.81. The largest absolute Gasteiger partial charge is 0.341 e. The Kier molecular flexibility index (Phi) is 5.55. The van der Waals surface area contributed by atoms with Gasteiger partial charge in [-0.25, -0.2) is 4.79 Å². The molecule has 0 bridgehead atoms. The Hall–Kier alpha value is -1.01. The van der Waals surface area contributed by atoms with Crippen LogP contribution in [0.4, 0.5) is 4.79 Å². The molecule has 1 N–H and O–H groups in total. The molecule has 3 aliphatic heterocycles. The molecule has 0 saturated carbocycles. The molecular weight excluding hydrogens is 304 g/mol. The third-order valence-corrected chi connectivity index (χ3v) is 5.17. The Labute approximate surface area is 138 Å². The van der Waals surface area contributed by atoms with Gasteiger partial charge in [0, 0.05) is 52.2 Å². The first-order valence-electron chi connectivity index (χ1n) is 8.04. The van der Waals surface area contributed by atoms with Gasteiger partial charge in [-0.15, -0.1) is 12.4 Å². The fraction of sp³-hybridized carbons (Fsp3) is 0.867. The van der Waals surface area contributed by atoms with Crippen LogP contribution in [0.15, 0.2) is 0 Å². The van der Waals surface area contributed by atoms with Crippen LogP contribution >= 0.6 is 12.4 Å². The van der Waals surface area contributed by atoms with Crippen LogP contribution < -0.4 is 5.32 Å². The van der Waals surface area contributed by atoms with E-state index in [1.54, 1.807) is 19.0 Å². The van der Waals surface area contributed by atoms with Crippen LogP contribution in [0.25, 0.3) is 0 Å². The third-order valence-electron chi connectivity index (χ3n) is 5.17. The maximum atomic E-state index is 12.6. The van der Waals surface area contributed by atoms with Crippen molar-refractivity contribution in [2.45, 2.75) is 25.3 Å². The van der Waals surface area contributed by atoms with Crippen molar-refractivity contribution in [3.63, 3.8) is 0 Å². The maximum absolute atomic E-state index is 12.6. The van der Waals surface area contributed by atoms with Crippen molar-refractivity contribution >= 4 is 24.3 Å². The number of amides is 3. The van der Waals surface area contributed by atoms with Gasteiger partial charge in [0.1, 0.15) is 0 Å². The van der Waals surface area contributed by atoms with Crippen LogP contribution in [0.5, 0.6) is 0 Å². The summed E-state index contributed by atoms with van der Waals surface area (Å²) in [4.78, 5) is 30.0. The first kappa shape index (κ1) is 17.3. The van der Waals surface area contributed by atoms with Gasteiger partial charge in [0.2, 0.25) is 5.91 Å². The third kappa shape index (κ3) is 3.33. The molecule has 3 heterocycles. The number of rotatable bonds is 1. The Morgan fingerprint density at radius 2 is 1.73 bits per heavy atom. The Morgan fingerprint density at radius 3 is 2.32 bits per heavy atom. The van der Waals surface area contributed by atoms with Crippen molar-refractivity contribution in [3.05, 3.63) is 0 Å². The number of hydrogen-bond acceptors (Lipinski definition) is 3. The number of carbonyl (C=O) groups excluding carboxylic acids is 2. The molecule has 3 rings (SSSR count). The van der Waals surface area contributed by atoms with E-state index in [-0.39, 0.29) is 24.4 Å². The monoisotopic (exact) mass is 330 g/mol. The number of hydrogen-bond donors (Lipinski definition) is 1. The van der Waals surface area contributed by atoms with E-state index >= 15 is 0 Å². The second-order valence-electron chi connectivity index (χ2n) is 6.79. The summed E-state index contributed by atoms with van der Waals surface area (Å²) in [6.45, 7) is 4.30. The van der Waals surface area contributed by atoms with Gasteiger partial charge in [-0.3, -0.25) is 4.79 Å². The number of carbonyl (C=O) groups is 2. The first-order valence-corrected chi connectivity index (χ1v) is 8.04. The van der Waals surface area contributed by atoms with Crippen LogP contribution in [0, 0.1) is 11.8 Å². The normalized spacial score (nSPS) is 28.3. The van der Waals surface area contributed by atoms with Gasteiger partial charge in [0.15, 0.2) is 0 Å². The zero-order chi connectivity index (χ0) is 15.0. The summed E-state index contributed by atoms with van der Waals surface area (Å²) in [5, 5.41) is 3.49. The molecule has 0 radical (unpaired) electrons. The molecule has 22 heavy (non-hydrogen) atoms. The van der Waals surface area contributed by atoms with E-state index in [2.05, 4.69) is 10.2 Å². The van der Waals surface area contributed by atoms with Gasteiger partial charge in [-0.2, -0.15) is 0 Å². The number of fused-ring (bicyclic) bond motifs is 1. The van der Waals surface area contributed by atoms with Crippen LogP contribution in [-0.4, -0.2) is 79.5 Å². The summed E-state index contributed by atoms with van der Waals surface area (Å²) in [5.41, 5.74) is 0. The lowest BCUT2D eigenvalue weighted by Gasteiger charge is -2.34. The number of halogens is 1. The molecule has 0 aliphatic carbocycles. The Morgan fingerprint density at radius 1 is 1.05 bits per heavy atom. The molecule has 3 amide bonds. The Balaban J connectivity index is 0.00000176. The standard InChI is InChI=1S/C15H26N4O2.ClH/c1-17(2)15(21)18-7-4-11(5-8-18)14(20)19-9-12-3-6-16-13(12)10-19;/h11-13,16H,3-10H2,1-2H3;1H/t12-,13+;/m0./s1. The number of urea groups is 1. The summed E-state index contributed by atoms with van der Waals surface area (Å²) in [5.74, 6) is 1.07. The van der Waals surface area contributed by atoms with Crippen LogP contribution in [0.1, 0.15) is 19.3 Å². The first-order chi connectivity index (χ1) is 10.1. The molecule has 2 atom stereocenters. The van der Waals surface area contributed by atoms with E-state index in [0.717, 1.165) is 32.5 Å². The zero-order valence-corrected chi connectivity index (χ0v) is 14.3. The van der Waals surface area contributed by atoms with Gasteiger partial charge in [0.25, 0.3) is 0 Å². The molecule has 3 fully saturated rings. The molecule has 7 heteroatoms. The van der Waals surface area contributed by atoms with Gasteiger partial charge < -0.3 is 20.0 Å². The van der Waals surface area contributed by atoms with Crippen molar-refractivity contribution in [2.24, 2.45) is 11.8 Å². The fourth-order valence-electron chi connectivity index (χ4n) is 3.89. The topological polar surface area (TPSA) is 55.9 Å². The van der Waals surface area contributed by atoms with Crippen molar-refractivity contribution in [1.82, 2.24) is 20.0 Å². The molecule has 0 spiro atoms. The minimum Gasteiger partial charge on any atom is -0.341 e. The zero-order valence-electron chi connectivity index (χ0n) is 13.5. The van der Waals surface area contributed by atoms with E-state index in [4.69, 9.17) is 0 Å². The highest BCUT2D eigenvalue weighted by Gasteiger charge is 2.40. The molecule has 3 aliphatic rings. The van der Waals surface area contributed by atoms with Crippen LogP contribution in [0.3, 0.4) is 0 Å². The molecule has 6 nitrogen and oxygen atoms in total. The van der Waals surface area contributed by atoms with E-state index in [1.165, 1.54) is 6.42 Å². The Bertz CT molecular complexity index is 412. The quantitative estimate of drug-likeness (QED) is 0.767. The van der Waals surface area contributed by atoms with Gasteiger partial charge >= 0.3 is 6.03 Å². The molecule has 3 saturated heterocycles. The predicted molar refractivity (Wildman–Crippen MR) is 87.1 cm³/mol. The fourth-order valence-corrected chi connectivity index (χ4v) is 3.89. The molecule has 126 valence electrons. The van der Waals surface area contributed by atoms with Crippen molar-refractivity contribution in [2.75, 3.05) is 46.8 Å². The lowest BCUT2D eigenvalue weighted by Crippen LogP contribution is -2.47. The highest BCUT2D eigenvalue weighted by atomic mass is 35.5. The summed E-state index contributed by atoms with van der Waals surface area (Å²) >= 11 is 0. The van der Waals surface area contributed by atoms with Crippen molar-refractivity contribution in [3.8, 4) is 0 Å². The summed E-state index contributed by atoms with van der Waals surface area (Å²) < 4.78 is 0. The average Bonchev–Trinajstić information content (AvgIpc) is 3.07. The van der Waals surface area contributed by atoms with E-state index in [9.17, 15) is 9.59 Å². The maximum Gasteiger partial charge on any atom is 0.319 e. The number of piperidine rings is 1. The summed E-state index contributed by atoms with van der Waals surface area (Å²) in [7, 11) is 3.55. The second-order valence-corrected chi connectivity index (χ2v) is 6.79. The van der Waals surface area contributed by atoms with Gasteiger partial charge in [-0.05, 0) is 31.7 Å². The molecule has 0 aromatic heterocycles. The minimum atomic E-state index is 0. The van der Waals surface area contributed by atoms with Crippen molar-refractivity contribution < 1.29 is 9.59 Å². The van der Waals surface area contributed by atoms with E-state index in [0.29, 0.717) is 31.0 Å². The van der Waals surface area contributed by atoms with Crippen LogP contribution in [0.2, 0.25) is 0 Å². The van der Waals surface area contributed by atoms with E-state index < -0.39 is 0 Å². The van der Waals surface area contributed by atoms with Crippen molar-refractivity contribution in [1.29, 1.82) is 0 Å². The average molecular weight is 331 g/mol. The molecular formula is C15H27ClN4O2. The number of nitrogens with zero attached hydrogens (tertiary/aromatic N) is 3. The minimum absolute atomic E-state index is 0. The predicted octanol–water partition coefficient (Wildman–Crippen LogP) is 0.622. The van der Waals surface area contributed by atoms with E-state index in [1.807, 2.05) is 4.90 Å². The lowest BCUT2D eigenvalue weighted by molar-refractivity contribution is -0.136. The van der Waals surface area contributed by atoms with Gasteiger partial charge in [0.05, 0.1) is 0 Å². The number of nitrogens with one attached hydrogen (secondary N) is 1. The highest BCUT2D eigenvalue weighted by Crippen LogP contribution is 2.28. The van der Waals surface area contributed by atoms with Gasteiger partial charge in [-0.1, -0.05) is 0 Å². The second kappa shape index (κ2) is 7.04. The smallest absolute Gasteiger partial charge is 0.319 e. The molecule has 0 aromatic carbocycles. The lowest BCUT2D eigenvalue weighted by atomic mass is 9.95. The van der Waals surface area contributed by atoms with Crippen LogP contribution in [-0.2, 0) is 4.79 Å². The summed E-state index contributed by atoms with van der Waals surface area (Å²) in [6, 6.07) is 0.574. The SMILES string of the molecule is CN(C)C(=O)N1CCC(C(=O)N2C[C@@H]3CCN[C@@H]3C2)CC1.Cl. The molecule has 0 unspecified atom stereocenters. The molecule has 0 aromatic rings. The highest BCUT2D eigenvalue weighted by molar-refractivity contribution is 5.85.